The molecule has 0 aliphatic carbocycles. The molecule has 1 aromatic carbocycles. The Morgan fingerprint density at radius 1 is 1.60 bits per heavy atom. The van der Waals surface area contributed by atoms with Gasteiger partial charge in [-0.05, 0) is 18.2 Å². The van der Waals surface area contributed by atoms with E-state index in [1.807, 2.05) is 30.1 Å². The highest BCUT2D eigenvalue weighted by Gasteiger charge is 2.16. The number of ether oxygens (including phenoxy) is 1. The molecule has 0 aromatic heterocycles. The Kier molecular flexibility index (Phi) is 2.73. The van der Waals surface area contributed by atoms with Crippen LogP contribution in [-0.2, 0) is 4.79 Å². The van der Waals surface area contributed by atoms with Gasteiger partial charge in [-0.25, -0.2) is 0 Å². The minimum absolute atomic E-state index is 0.0920. The number of hydrogen-bond donors (Lipinski definition) is 2. The maximum atomic E-state index is 11.1. The molecule has 0 fully saturated rings. The van der Waals surface area contributed by atoms with Gasteiger partial charge in [0.25, 0.3) is 5.91 Å². The predicted molar refractivity (Wildman–Crippen MR) is 62.8 cm³/mol. The molecule has 0 atom stereocenters. The molecule has 1 N–H and O–H groups in total. The first kappa shape index (κ1) is 10.2. The highest BCUT2D eigenvalue weighted by molar-refractivity contribution is 7.80. The maximum absolute atomic E-state index is 11.1. The summed E-state index contributed by atoms with van der Waals surface area (Å²) in [6.07, 6.45) is 0. The lowest BCUT2D eigenvalue weighted by Gasteiger charge is -2.22. The van der Waals surface area contributed by atoms with Crippen LogP contribution >= 0.6 is 12.6 Å². The lowest BCUT2D eigenvalue weighted by atomic mass is 10.2. The molecule has 5 heteroatoms. The van der Waals surface area contributed by atoms with Crippen LogP contribution in [0.15, 0.2) is 18.2 Å². The molecule has 15 heavy (non-hydrogen) atoms. The zero-order chi connectivity index (χ0) is 10.8. The molecular weight excluding hydrogens is 212 g/mol. The number of anilines is 2. The summed E-state index contributed by atoms with van der Waals surface area (Å²) in [7, 11) is 1.93. The highest BCUT2D eigenvalue weighted by atomic mass is 32.1. The molecule has 0 saturated heterocycles. The molecule has 1 aliphatic rings. The number of amides is 1. The van der Waals surface area contributed by atoms with Gasteiger partial charge in [-0.15, -0.1) is 0 Å². The van der Waals surface area contributed by atoms with Gasteiger partial charge in [0, 0.05) is 12.7 Å². The summed E-state index contributed by atoms with van der Waals surface area (Å²) in [5.41, 5.74) is 1.71. The number of rotatable bonds is 2. The first-order chi connectivity index (χ1) is 7.20. The van der Waals surface area contributed by atoms with E-state index in [0.29, 0.717) is 11.6 Å². The first-order valence-corrected chi connectivity index (χ1v) is 5.22. The topological polar surface area (TPSA) is 41.6 Å². The van der Waals surface area contributed by atoms with Crippen LogP contribution in [0.1, 0.15) is 0 Å². The van der Waals surface area contributed by atoms with Crippen molar-refractivity contribution in [3.8, 4) is 5.75 Å². The number of benzene rings is 1. The van der Waals surface area contributed by atoms with Crippen molar-refractivity contribution < 1.29 is 9.53 Å². The van der Waals surface area contributed by atoms with E-state index in [0.717, 1.165) is 11.4 Å². The third-order valence-corrected chi connectivity index (χ3v) is 2.67. The Morgan fingerprint density at radius 2 is 2.40 bits per heavy atom. The van der Waals surface area contributed by atoms with Crippen molar-refractivity contribution in [2.45, 2.75) is 0 Å². The van der Waals surface area contributed by atoms with Crippen LogP contribution < -0.4 is 15.0 Å². The number of carbonyl (C=O) groups excluding carboxylic acids is 1. The van der Waals surface area contributed by atoms with Gasteiger partial charge >= 0.3 is 0 Å². The van der Waals surface area contributed by atoms with Crippen LogP contribution in [0.3, 0.4) is 0 Å². The second kappa shape index (κ2) is 4.02. The molecule has 80 valence electrons. The molecule has 1 aliphatic heterocycles. The predicted octanol–water partition coefficient (Wildman–Crippen LogP) is 1.34. The SMILES string of the molecule is CN(CS)c1ccc2c(c1)NC(=O)CO2. The van der Waals surface area contributed by atoms with E-state index in [2.05, 4.69) is 17.9 Å². The lowest BCUT2D eigenvalue weighted by molar-refractivity contribution is -0.118. The Labute approximate surface area is 93.6 Å². The summed E-state index contributed by atoms with van der Waals surface area (Å²) in [6.45, 7) is 0.0920. The summed E-state index contributed by atoms with van der Waals surface area (Å²) in [4.78, 5) is 13.1. The Balaban J connectivity index is 2.32. The minimum Gasteiger partial charge on any atom is -0.482 e. The average Bonchev–Trinajstić information content (AvgIpc) is 2.27. The number of hydrogen-bond acceptors (Lipinski definition) is 4. The molecule has 1 heterocycles. The van der Waals surface area contributed by atoms with Crippen LogP contribution in [0, 0.1) is 0 Å². The number of thiol groups is 1. The largest absolute Gasteiger partial charge is 0.482 e. The number of carbonyl (C=O) groups is 1. The second-order valence-corrected chi connectivity index (χ2v) is 3.64. The first-order valence-electron chi connectivity index (χ1n) is 4.59. The normalized spacial score (nSPS) is 13.9. The van der Waals surface area contributed by atoms with E-state index in [4.69, 9.17) is 4.74 Å². The van der Waals surface area contributed by atoms with Crippen molar-refractivity contribution in [2.24, 2.45) is 0 Å². The fourth-order valence-corrected chi connectivity index (χ4v) is 1.55. The summed E-state index contributed by atoms with van der Waals surface area (Å²) < 4.78 is 5.25. The minimum atomic E-state index is -0.117. The molecule has 1 aromatic rings. The van der Waals surface area contributed by atoms with Gasteiger partial charge in [-0.3, -0.25) is 4.79 Å². The highest BCUT2D eigenvalue weighted by Crippen LogP contribution is 2.31. The van der Waals surface area contributed by atoms with Crippen LogP contribution in [0.25, 0.3) is 0 Å². The molecule has 1 amide bonds. The number of nitrogens with one attached hydrogen (secondary N) is 1. The van der Waals surface area contributed by atoms with Crippen molar-refractivity contribution in [1.82, 2.24) is 0 Å². The molecule has 0 spiro atoms. The Morgan fingerprint density at radius 3 is 3.13 bits per heavy atom. The van der Waals surface area contributed by atoms with Crippen molar-refractivity contribution in [2.75, 3.05) is 29.7 Å². The zero-order valence-electron chi connectivity index (χ0n) is 8.36. The van der Waals surface area contributed by atoms with Gasteiger partial charge in [0.1, 0.15) is 5.75 Å². The van der Waals surface area contributed by atoms with Gasteiger partial charge in [-0.1, -0.05) is 0 Å². The molecule has 4 nitrogen and oxygen atoms in total. The summed E-state index contributed by atoms with van der Waals surface area (Å²) in [5.74, 6) is 1.22. The van der Waals surface area contributed by atoms with E-state index in [1.54, 1.807) is 0 Å². The van der Waals surface area contributed by atoms with Crippen molar-refractivity contribution >= 4 is 29.9 Å². The van der Waals surface area contributed by atoms with Gasteiger partial charge < -0.3 is 15.0 Å². The number of nitrogens with zero attached hydrogens (tertiary/aromatic N) is 1. The standard InChI is InChI=1S/C10H12N2O2S/c1-12(6-15)7-2-3-9-8(4-7)11-10(13)5-14-9/h2-4,15H,5-6H2,1H3,(H,11,13). The number of fused-ring (bicyclic) bond motifs is 1. The Bertz CT molecular complexity index is 395. The zero-order valence-corrected chi connectivity index (χ0v) is 9.25. The fraction of sp³-hybridized carbons (Fsp3) is 0.300. The van der Waals surface area contributed by atoms with Gasteiger partial charge in [-0.2, -0.15) is 12.6 Å². The monoisotopic (exact) mass is 224 g/mol. The van der Waals surface area contributed by atoms with Crippen molar-refractivity contribution in [3.63, 3.8) is 0 Å². The van der Waals surface area contributed by atoms with Crippen LogP contribution in [-0.4, -0.2) is 25.4 Å². The van der Waals surface area contributed by atoms with E-state index < -0.39 is 0 Å². The molecule has 0 unspecified atom stereocenters. The lowest BCUT2D eigenvalue weighted by Crippen LogP contribution is -2.25. The smallest absolute Gasteiger partial charge is 0.262 e. The van der Waals surface area contributed by atoms with E-state index in [-0.39, 0.29) is 12.5 Å². The third-order valence-electron chi connectivity index (χ3n) is 2.25. The molecule has 0 bridgehead atoms. The molecule has 0 saturated carbocycles. The second-order valence-electron chi connectivity index (χ2n) is 3.36. The van der Waals surface area contributed by atoms with E-state index in [9.17, 15) is 4.79 Å². The average molecular weight is 224 g/mol. The van der Waals surface area contributed by atoms with Crippen LogP contribution in [0.2, 0.25) is 0 Å². The third kappa shape index (κ3) is 2.02. The quantitative estimate of drug-likeness (QED) is 0.588. The maximum Gasteiger partial charge on any atom is 0.262 e. The molecule has 2 rings (SSSR count). The van der Waals surface area contributed by atoms with Crippen molar-refractivity contribution in [3.05, 3.63) is 18.2 Å². The van der Waals surface area contributed by atoms with Gasteiger partial charge in [0.2, 0.25) is 0 Å². The summed E-state index contributed by atoms with van der Waals surface area (Å²) >= 11 is 4.18. The van der Waals surface area contributed by atoms with Gasteiger partial charge in [0.05, 0.1) is 11.6 Å². The summed E-state index contributed by atoms with van der Waals surface area (Å²) in [5, 5.41) is 2.76. The molecular formula is C10H12N2O2S. The van der Waals surface area contributed by atoms with Crippen LogP contribution in [0.4, 0.5) is 11.4 Å². The molecule has 0 radical (unpaired) electrons. The van der Waals surface area contributed by atoms with Gasteiger partial charge in [0.15, 0.2) is 6.61 Å². The Hall–Kier alpha value is -1.36. The fourth-order valence-electron chi connectivity index (χ4n) is 1.39. The van der Waals surface area contributed by atoms with Crippen LogP contribution in [0.5, 0.6) is 5.75 Å². The van der Waals surface area contributed by atoms with Crippen molar-refractivity contribution in [1.29, 1.82) is 0 Å². The van der Waals surface area contributed by atoms with E-state index in [1.165, 1.54) is 0 Å². The summed E-state index contributed by atoms with van der Waals surface area (Å²) in [6, 6.07) is 5.67. The van der Waals surface area contributed by atoms with E-state index >= 15 is 0 Å².